The number of rotatable bonds is 8. The van der Waals surface area contributed by atoms with Crippen LogP contribution in [0.5, 0.6) is 0 Å². The largest absolute Gasteiger partial charge is 0.397 e. The minimum atomic E-state index is -0.557. The summed E-state index contributed by atoms with van der Waals surface area (Å²) in [5.41, 5.74) is 14.4. The monoisotopic (exact) mass is 503 g/mol. The first-order valence-corrected chi connectivity index (χ1v) is 13.4. The maximum atomic E-state index is 11.8. The molecule has 1 unspecified atom stereocenters. The van der Waals surface area contributed by atoms with Crippen LogP contribution in [0.4, 0.5) is 11.5 Å². The van der Waals surface area contributed by atoms with E-state index in [4.69, 9.17) is 16.5 Å². The van der Waals surface area contributed by atoms with Gasteiger partial charge in [-0.25, -0.2) is 4.98 Å². The zero-order valence-corrected chi connectivity index (χ0v) is 21.4. The molecule has 6 N–H and O–H groups in total. The molecule has 3 heterocycles. The van der Waals surface area contributed by atoms with Gasteiger partial charge in [-0.3, -0.25) is 4.79 Å². The normalized spacial score (nSPS) is 15.6. The van der Waals surface area contributed by atoms with Crippen molar-refractivity contribution in [1.29, 1.82) is 0 Å². The third-order valence-electron chi connectivity index (χ3n) is 7.11. The molecule has 8 heteroatoms. The minimum absolute atomic E-state index is 0.337. The predicted molar refractivity (Wildman–Crippen MR) is 149 cm³/mol. The van der Waals surface area contributed by atoms with Crippen LogP contribution < -0.4 is 21.7 Å². The van der Waals surface area contributed by atoms with Gasteiger partial charge in [0.25, 0.3) is 5.91 Å². The van der Waals surface area contributed by atoms with Crippen LogP contribution >= 0.6 is 11.3 Å². The molecule has 1 aliphatic rings. The van der Waals surface area contributed by atoms with Crippen LogP contribution in [-0.2, 0) is 6.42 Å². The van der Waals surface area contributed by atoms with Crippen molar-refractivity contribution in [3.05, 3.63) is 64.5 Å². The Bertz CT molecular complexity index is 1390. The van der Waals surface area contributed by atoms with Crippen molar-refractivity contribution >= 4 is 49.7 Å². The molecule has 2 aromatic carbocycles. The van der Waals surface area contributed by atoms with Gasteiger partial charge in [0.2, 0.25) is 0 Å². The third-order valence-corrected chi connectivity index (χ3v) is 8.23. The number of aromatic nitrogens is 1. The van der Waals surface area contributed by atoms with Crippen molar-refractivity contribution in [3.63, 3.8) is 0 Å². The van der Waals surface area contributed by atoms with Crippen LogP contribution in [-0.4, -0.2) is 41.7 Å². The Hall–Kier alpha value is -3.20. The molecular weight excluding hydrogens is 470 g/mol. The number of hydrogen-bond acceptors (Lipinski definition) is 7. The number of nitrogens with one attached hydrogen (secondary N) is 1. The fourth-order valence-electron chi connectivity index (χ4n) is 5.24. The molecule has 188 valence electrons. The highest BCUT2D eigenvalue weighted by atomic mass is 32.1. The first-order valence-electron chi connectivity index (χ1n) is 12.6. The second kappa shape index (κ2) is 10.4. The van der Waals surface area contributed by atoms with Crippen molar-refractivity contribution in [2.24, 2.45) is 5.73 Å². The summed E-state index contributed by atoms with van der Waals surface area (Å²) in [5, 5.41) is 17.6. The van der Waals surface area contributed by atoms with E-state index in [-0.39, 0.29) is 0 Å². The van der Waals surface area contributed by atoms with Crippen molar-refractivity contribution in [3.8, 4) is 0 Å². The number of nitrogens with two attached hydrogens (primary N) is 2. The number of anilines is 2. The second-order valence-electron chi connectivity index (χ2n) is 9.53. The quantitative estimate of drug-likeness (QED) is 0.284. The third kappa shape index (κ3) is 4.76. The number of piperidine rings is 1. The molecule has 2 aromatic heterocycles. The van der Waals surface area contributed by atoms with Gasteiger partial charge in [-0.1, -0.05) is 55.8 Å². The fraction of sp³-hybridized carbons (Fsp3) is 0.357. The molecule has 0 bridgehead atoms. The smallest absolute Gasteiger partial charge is 0.260 e. The topological polar surface area (TPSA) is 117 Å². The van der Waals surface area contributed by atoms with Gasteiger partial charge in [-0.15, -0.1) is 11.3 Å². The standard InChI is InChI=1S/C28H33N5O2S/c1-2-6-18-15-23(32-28-24(18)25(29)26(36-28)27(30)35)33-13-11-19(12-14-33)31-16-22(34)21-10-5-8-17-7-3-4-9-20(17)21/h3-5,7-10,15,19,22,31,34H,2,6,11-14,16,29H2,1H3,(H2,30,35). The van der Waals surface area contributed by atoms with Gasteiger partial charge in [-0.2, -0.15) is 0 Å². The molecule has 1 atom stereocenters. The minimum Gasteiger partial charge on any atom is -0.397 e. The lowest BCUT2D eigenvalue weighted by atomic mass is 9.99. The summed E-state index contributed by atoms with van der Waals surface area (Å²) in [6, 6.07) is 16.7. The average molecular weight is 504 g/mol. The number of aryl methyl sites for hydroxylation is 1. The molecular formula is C28H33N5O2S. The van der Waals surface area contributed by atoms with Gasteiger partial charge in [0.05, 0.1) is 11.8 Å². The van der Waals surface area contributed by atoms with E-state index in [0.717, 1.165) is 76.7 Å². The zero-order valence-electron chi connectivity index (χ0n) is 20.5. The summed E-state index contributed by atoms with van der Waals surface area (Å²) in [5.74, 6) is 0.425. The number of carbonyl (C=O) groups is 1. The van der Waals surface area contributed by atoms with Crippen LogP contribution in [0.2, 0.25) is 0 Å². The van der Waals surface area contributed by atoms with Crippen LogP contribution in [0.15, 0.2) is 48.5 Å². The number of hydrogen-bond donors (Lipinski definition) is 4. The van der Waals surface area contributed by atoms with Crippen molar-refractivity contribution in [2.75, 3.05) is 30.3 Å². The summed E-state index contributed by atoms with van der Waals surface area (Å²) in [4.78, 5) is 20.2. The Balaban J connectivity index is 1.25. The maximum Gasteiger partial charge on any atom is 0.260 e. The van der Waals surface area contributed by atoms with Crippen molar-refractivity contribution < 1.29 is 9.90 Å². The molecule has 0 radical (unpaired) electrons. The summed E-state index contributed by atoms with van der Waals surface area (Å²) < 4.78 is 0. The van der Waals surface area contributed by atoms with Gasteiger partial charge < -0.3 is 26.8 Å². The highest BCUT2D eigenvalue weighted by molar-refractivity contribution is 7.21. The number of aliphatic hydroxyl groups is 1. The molecule has 7 nitrogen and oxygen atoms in total. The number of amides is 1. The highest BCUT2D eigenvalue weighted by Gasteiger charge is 2.24. The lowest BCUT2D eigenvalue weighted by Crippen LogP contribution is -2.44. The van der Waals surface area contributed by atoms with Gasteiger partial charge in [0, 0.05) is 31.1 Å². The number of thiophene rings is 1. The first-order chi connectivity index (χ1) is 17.5. The van der Waals surface area contributed by atoms with E-state index in [1.165, 1.54) is 11.3 Å². The van der Waals surface area contributed by atoms with Crippen LogP contribution in [0.25, 0.3) is 21.0 Å². The van der Waals surface area contributed by atoms with Gasteiger partial charge in [0.1, 0.15) is 15.5 Å². The Kier molecular flexibility index (Phi) is 7.09. The van der Waals surface area contributed by atoms with E-state index in [1.54, 1.807) is 0 Å². The first kappa shape index (κ1) is 24.5. The predicted octanol–water partition coefficient (Wildman–Crippen LogP) is 4.38. The molecule has 1 saturated heterocycles. The number of nitrogen functional groups attached to an aromatic ring is 1. The van der Waals surface area contributed by atoms with Crippen molar-refractivity contribution in [1.82, 2.24) is 10.3 Å². The number of nitrogens with zero attached hydrogens (tertiary/aromatic N) is 2. The maximum absolute atomic E-state index is 11.8. The Morgan fingerprint density at radius 3 is 2.72 bits per heavy atom. The van der Waals surface area contributed by atoms with Crippen LogP contribution in [0, 0.1) is 0 Å². The van der Waals surface area contributed by atoms with Crippen LogP contribution in [0.3, 0.4) is 0 Å². The van der Waals surface area contributed by atoms with E-state index in [9.17, 15) is 9.90 Å². The Morgan fingerprint density at radius 1 is 1.22 bits per heavy atom. The van der Waals surface area contributed by atoms with Gasteiger partial charge in [-0.05, 0) is 47.2 Å². The molecule has 1 aliphatic heterocycles. The summed E-state index contributed by atoms with van der Waals surface area (Å²) in [7, 11) is 0. The number of aliphatic hydroxyl groups excluding tert-OH is 1. The highest BCUT2D eigenvalue weighted by Crippen LogP contribution is 2.37. The zero-order chi connectivity index (χ0) is 25.2. The number of benzene rings is 2. The number of primary amides is 1. The van der Waals surface area contributed by atoms with E-state index in [2.05, 4.69) is 41.4 Å². The number of pyridine rings is 1. The second-order valence-corrected chi connectivity index (χ2v) is 10.5. The van der Waals surface area contributed by atoms with E-state index >= 15 is 0 Å². The molecule has 1 fully saturated rings. The molecule has 4 aromatic rings. The number of fused-ring (bicyclic) bond motifs is 2. The summed E-state index contributed by atoms with van der Waals surface area (Å²) in [6.07, 6.45) is 3.22. The molecule has 1 amide bonds. The van der Waals surface area contributed by atoms with E-state index in [0.29, 0.717) is 23.2 Å². The van der Waals surface area contributed by atoms with Gasteiger partial charge in [0.15, 0.2) is 0 Å². The van der Waals surface area contributed by atoms with Crippen molar-refractivity contribution in [2.45, 2.75) is 44.8 Å². The molecule has 36 heavy (non-hydrogen) atoms. The summed E-state index contributed by atoms with van der Waals surface area (Å²) >= 11 is 1.28. The fourth-order valence-corrected chi connectivity index (χ4v) is 6.23. The van der Waals surface area contributed by atoms with E-state index in [1.807, 2.05) is 24.3 Å². The Morgan fingerprint density at radius 2 is 1.97 bits per heavy atom. The van der Waals surface area contributed by atoms with E-state index < -0.39 is 12.0 Å². The Labute approximate surface area is 215 Å². The lowest BCUT2D eigenvalue weighted by molar-refractivity contribution is 0.100. The molecule has 0 saturated carbocycles. The SMILES string of the molecule is CCCc1cc(N2CCC(NCC(O)c3cccc4ccccc34)CC2)nc2sc(C(N)=O)c(N)c12. The molecule has 5 rings (SSSR count). The van der Waals surface area contributed by atoms with Crippen LogP contribution in [0.1, 0.15) is 53.1 Å². The molecule has 0 aliphatic carbocycles. The average Bonchev–Trinajstić information content (AvgIpc) is 3.24. The van der Waals surface area contributed by atoms with Gasteiger partial charge >= 0.3 is 0 Å². The summed E-state index contributed by atoms with van der Waals surface area (Å²) in [6.45, 7) is 4.40. The molecule has 0 spiro atoms. The lowest BCUT2D eigenvalue weighted by Gasteiger charge is -2.34. The number of carbonyl (C=O) groups excluding carboxylic acids is 1.